The summed E-state index contributed by atoms with van der Waals surface area (Å²) in [6.45, 7) is 5.62. The molecule has 0 aromatic heterocycles. The molecule has 1 fully saturated rings. The Hall–Kier alpha value is -1.07. The van der Waals surface area contributed by atoms with E-state index in [1.165, 1.54) is 0 Å². The fraction of sp³-hybridized carbons (Fsp3) is 0.625. The molecule has 1 N–H and O–H groups in total. The summed E-state index contributed by atoms with van der Waals surface area (Å²) in [5.41, 5.74) is -0.117. The molecule has 0 amide bonds. The van der Waals surface area contributed by atoms with Crippen LogP contribution < -0.4 is 5.32 Å². The summed E-state index contributed by atoms with van der Waals surface area (Å²) in [5.74, 6) is 0. The zero-order valence-corrected chi connectivity index (χ0v) is 12.5. The molecule has 2 nitrogen and oxygen atoms in total. The third-order valence-corrected chi connectivity index (χ3v) is 4.03. The predicted octanol–water partition coefficient (Wildman–Crippen LogP) is 4.32. The smallest absolute Gasteiger partial charge is 0.373 e. The van der Waals surface area contributed by atoms with Gasteiger partial charge in [0.05, 0.1) is 17.2 Å². The van der Waals surface area contributed by atoms with E-state index in [4.69, 9.17) is 4.74 Å². The standard InChI is InChI=1S/C16H22F3NO/c1-3-10-20-14(15(2)9-4-11-21-15)12-5-7-13(8-6-12)16(17,18)19/h5-8,14,20H,3-4,9-11H2,1-2H3. The molecule has 2 atom stereocenters. The lowest BCUT2D eigenvalue weighted by atomic mass is 9.87. The van der Waals surface area contributed by atoms with E-state index in [0.29, 0.717) is 6.61 Å². The summed E-state index contributed by atoms with van der Waals surface area (Å²) >= 11 is 0. The molecule has 118 valence electrons. The van der Waals surface area contributed by atoms with Crippen molar-refractivity contribution in [1.29, 1.82) is 0 Å². The zero-order chi connectivity index (χ0) is 15.5. The van der Waals surface area contributed by atoms with Crippen LogP contribution in [0.25, 0.3) is 0 Å². The van der Waals surface area contributed by atoms with Gasteiger partial charge in [-0.3, -0.25) is 0 Å². The van der Waals surface area contributed by atoms with Crippen LogP contribution in [0.5, 0.6) is 0 Å². The molecule has 1 aromatic carbocycles. The number of hydrogen-bond acceptors (Lipinski definition) is 2. The van der Waals surface area contributed by atoms with Crippen molar-refractivity contribution >= 4 is 0 Å². The first-order valence-corrected chi connectivity index (χ1v) is 7.41. The minimum Gasteiger partial charge on any atom is -0.373 e. The van der Waals surface area contributed by atoms with Crippen LogP contribution in [0.2, 0.25) is 0 Å². The van der Waals surface area contributed by atoms with Crippen LogP contribution in [0.15, 0.2) is 24.3 Å². The maximum atomic E-state index is 12.7. The summed E-state index contributed by atoms with van der Waals surface area (Å²) in [6.07, 6.45) is -1.43. The van der Waals surface area contributed by atoms with Gasteiger partial charge in [0.2, 0.25) is 0 Å². The van der Waals surface area contributed by atoms with Gasteiger partial charge in [-0.15, -0.1) is 0 Å². The Morgan fingerprint density at radius 3 is 2.43 bits per heavy atom. The third-order valence-electron chi connectivity index (χ3n) is 4.03. The quantitative estimate of drug-likeness (QED) is 0.874. The Morgan fingerprint density at radius 2 is 1.95 bits per heavy atom. The van der Waals surface area contributed by atoms with E-state index in [0.717, 1.165) is 43.5 Å². The van der Waals surface area contributed by atoms with Gasteiger partial charge in [-0.2, -0.15) is 13.2 Å². The molecule has 5 heteroatoms. The first-order chi connectivity index (χ1) is 9.87. The maximum Gasteiger partial charge on any atom is 0.416 e. The van der Waals surface area contributed by atoms with Gasteiger partial charge < -0.3 is 10.1 Å². The third kappa shape index (κ3) is 3.77. The lowest BCUT2D eigenvalue weighted by Gasteiger charge is -2.34. The number of alkyl halides is 3. The van der Waals surface area contributed by atoms with Gasteiger partial charge in [0.25, 0.3) is 0 Å². The largest absolute Gasteiger partial charge is 0.416 e. The monoisotopic (exact) mass is 301 g/mol. The van der Waals surface area contributed by atoms with Crippen LogP contribution in [-0.4, -0.2) is 18.8 Å². The average molecular weight is 301 g/mol. The Morgan fingerprint density at radius 1 is 1.29 bits per heavy atom. The average Bonchev–Trinajstić information content (AvgIpc) is 2.86. The second-order valence-corrected chi connectivity index (χ2v) is 5.77. The number of nitrogens with one attached hydrogen (secondary N) is 1. The van der Waals surface area contributed by atoms with Crippen LogP contribution in [0.4, 0.5) is 13.2 Å². The lowest BCUT2D eigenvalue weighted by Crippen LogP contribution is -2.41. The van der Waals surface area contributed by atoms with E-state index in [2.05, 4.69) is 12.2 Å². The molecule has 0 radical (unpaired) electrons. The van der Waals surface area contributed by atoms with E-state index in [1.54, 1.807) is 12.1 Å². The Bertz CT molecular complexity index is 450. The van der Waals surface area contributed by atoms with Gasteiger partial charge in [-0.25, -0.2) is 0 Å². The van der Waals surface area contributed by atoms with Crippen LogP contribution in [0.1, 0.15) is 50.3 Å². The molecule has 0 aliphatic carbocycles. The topological polar surface area (TPSA) is 21.3 Å². The normalized spacial score (nSPS) is 24.2. The van der Waals surface area contributed by atoms with Crippen LogP contribution in [0, 0.1) is 0 Å². The van der Waals surface area contributed by atoms with Crippen LogP contribution >= 0.6 is 0 Å². The number of hydrogen-bond donors (Lipinski definition) is 1. The molecule has 1 aliphatic rings. The Labute approximate surface area is 123 Å². The number of benzene rings is 1. The first kappa shape index (κ1) is 16.3. The van der Waals surface area contributed by atoms with Crippen molar-refractivity contribution in [1.82, 2.24) is 5.32 Å². The van der Waals surface area contributed by atoms with Crippen molar-refractivity contribution in [3.8, 4) is 0 Å². The van der Waals surface area contributed by atoms with Crippen molar-refractivity contribution in [3.63, 3.8) is 0 Å². The molecule has 1 saturated heterocycles. The van der Waals surface area contributed by atoms with Crippen molar-refractivity contribution in [2.75, 3.05) is 13.2 Å². The SMILES string of the molecule is CCCNC(c1ccc(C(F)(F)F)cc1)C1(C)CCCO1. The maximum absolute atomic E-state index is 12.7. The molecule has 0 bridgehead atoms. The molecule has 2 unspecified atom stereocenters. The molecule has 0 spiro atoms. The van der Waals surface area contributed by atoms with Crippen molar-refractivity contribution in [2.24, 2.45) is 0 Å². The molecule has 21 heavy (non-hydrogen) atoms. The minimum atomic E-state index is -4.29. The van der Waals surface area contributed by atoms with Crippen molar-refractivity contribution < 1.29 is 17.9 Å². The van der Waals surface area contributed by atoms with Gasteiger partial charge in [0.15, 0.2) is 0 Å². The summed E-state index contributed by atoms with van der Waals surface area (Å²) in [5, 5.41) is 3.42. The van der Waals surface area contributed by atoms with Gasteiger partial charge in [-0.1, -0.05) is 19.1 Å². The van der Waals surface area contributed by atoms with Gasteiger partial charge in [-0.05, 0) is 50.4 Å². The fourth-order valence-electron chi connectivity index (χ4n) is 2.87. The van der Waals surface area contributed by atoms with E-state index in [1.807, 2.05) is 6.92 Å². The van der Waals surface area contributed by atoms with E-state index in [9.17, 15) is 13.2 Å². The van der Waals surface area contributed by atoms with Crippen molar-refractivity contribution in [2.45, 2.75) is 50.9 Å². The summed E-state index contributed by atoms with van der Waals surface area (Å²) in [7, 11) is 0. The molecule has 1 aromatic rings. The van der Waals surface area contributed by atoms with Gasteiger partial charge in [0.1, 0.15) is 0 Å². The highest BCUT2D eigenvalue weighted by atomic mass is 19.4. The highest BCUT2D eigenvalue weighted by Crippen LogP contribution is 2.38. The fourth-order valence-corrected chi connectivity index (χ4v) is 2.87. The van der Waals surface area contributed by atoms with Gasteiger partial charge >= 0.3 is 6.18 Å². The van der Waals surface area contributed by atoms with Crippen LogP contribution in [0.3, 0.4) is 0 Å². The van der Waals surface area contributed by atoms with Crippen molar-refractivity contribution in [3.05, 3.63) is 35.4 Å². The zero-order valence-electron chi connectivity index (χ0n) is 12.5. The number of ether oxygens (including phenoxy) is 1. The minimum absolute atomic E-state index is 0.0813. The molecule has 2 rings (SSSR count). The number of halogens is 3. The second kappa shape index (κ2) is 6.36. The summed E-state index contributed by atoms with van der Waals surface area (Å²) < 4.78 is 43.8. The summed E-state index contributed by atoms with van der Waals surface area (Å²) in [4.78, 5) is 0. The Kier molecular flexibility index (Phi) is 4.94. The molecule has 1 heterocycles. The van der Waals surface area contributed by atoms with Crippen LogP contribution in [-0.2, 0) is 10.9 Å². The van der Waals surface area contributed by atoms with E-state index < -0.39 is 11.7 Å². The highest BCUT2D eigenvalue weighted by molar-refractivity contribution is 5.28. The molecular weight excluding hydrogens is 279 g/mol. The van der Waals surface area contributed by atoms with E-state index >= 15 is 0 Å². The highest BCUT2D eigenvalue weighted by Gasteiger charge is 2.39. The molecule has 0 saturated carbocycles. The predicted molar refractivity (Wildman–Crippen MR) is 76.1 cm³/mol. The summed E-state index contributed by atoms with van der Waals surface area (Å²) in [6, 6.07) is 5.33. The van der Waals surface area contributed by atoms with E-state index in [-0.39, 0.29) is 11.6 Å². The van der Waals surface area contributed by atoms with Gasteiger partial charge in [0, 0.05) is 6.61 Å². The number of rotatable bonds is 5. The molecule has 1 aliphatic heterocycles. The molecular formula is C16H22F3NO. The first-order valence-electron chi connectivity index (χ1n) is 7.41. The second-order valence-electron chi connectivity index (χ2n) is 5.77. The Balaban J connectivity index is 2.24. The lowest BCUT2D eigenvalue weighted by molar-refractivity contribution is -0.137.